The van der Waals surface area contributed by atoms with E-state index < -0.39 is 11.3 Å². The average molecular weight is 642 g/mol. The Labute approximate surface area is 243 Å². The molecule has 1 aromatic heterocycles. The van der Waals surface area contributed by atoms with Gasteiger partial charge in [-0.25, -0.2) is 0 Å². The van der Waals surface area contributed by atoms with Crippen molar-refractivity contribution in [1.29, 1.82) is 5.26 Å². The number of nitriles is 1. The highest BCUT2D eigenvalue weighted by molar-refractivity contribution is 9.11. The van der Waals surface area contributed by atoms with Gasteiger partial charge in [0.2, 0.25) is 0 Å². The van der Waals surface area contributed by atoms with E-state index in [1.807, 2.05) is 97.1 Å². The number of halogens is 2. The number of benzene rings is 4. The molecule has 0 saturated carbocycles. The standard InChI is InChI=1S/C32H22Br2N2OS/c33-24-17-15-23(16-18-24)31(37)32(20-35,21-38-25-11-5-2-6-12-25)29(22-9-3-1-4-10-22)30-27-14-8-7-13-26(27)28(34)19-36-30/h1-19,29H,21H2/t29-,32+/m1/s1. The summed E-state index contributed by atoms with van der Waals surface area (Å²) >= 11 is 8.61. The quantitative estimate of drug-likeness (QED) is 0.125. The number of pyridine rings is 1. The number of Topliss-reactive ketones (excluding diaryl/α,β-unsaturated/α-hetero) is 1. The second kappa shape index (κ2) is 11.7. The van der Waals surface area contributed by atoms with Crippen LogP contribution in [0.3, 0.4) is 0 Å². The van der Waals surface area contributed by atoms with Gasteiger partial charge in [0.1, 0.15) is 5.41 Å². The number of aromatic nitrogens is 1. The minimum absolute atomic E-state index is 0.224. The molecule has 0 bridgehead atoms. The normalized spacial score (nSPS) is 13.4. The molecule has 0 N–H and O–H groups in total. The topological polar surface area (TPSA) is 53.8 Å². The summed E-state index contributed by atoms with van der Waals surface area (Å²) in [4.78, 5) is 20.4. The van der Waals surface area contributed by atoms with Gasteiger partial charge in [-0.1, -0.05) is 101 Å². The van der Waals surface area contributed by atoms with Crippen molar-refractivity contribution in [2.75, 3.05) is 5.75 Å². The molecule has 0 amide bonds. The van der Waals surface area contributed by atoms with Crippen LogP contribution >= 0.6 is 43.6 Å². The van der Waals surface area contributed by atoms with Gasteiger partial charge in [-0.3, -0.25) is 9.78 Å². The zero-order valence-corrected chi connectivity index (χ0v) is 24.2. The van der Waals surface area contributed by atoms with E-state index in [2.05, 4.69) is 37.9 Å². The Morgan fingerprint density at radius 2 is 1.45 bits per heavy atom. The largest absolute Gasteiger partial charge is 0.292 e. The Balaban J connectivity index is 1.77. The molecule has 0 unspecified atom stereocenters. The van der Waals surface area contributed by atoms with Gasteiger partial charge >= 0.3 is 0 Å². The molecule has 5 aromatic rings. The Hall–Kier alpha value is -3.24. The van der Waals surface area contributed by atoms with Gasteiger partial charge in [-0.05, 0) is 51.1 Å². The maximum atomic E-state index is 14.5. The number of fused-ring (bicyclic) bond motifs is 1. The molecule has 0 fully saturated rings. The van der Waals surface area contributed by atoms with Crippen molar-refractivity contribution in [3.8, 4) is 6.07 Å². The molecule has 186 valence electrons. The zero-order chi connectivity index (χ0) is 26.5. The summed E-state index contributed by atoms with van der Waals surface area (Å²) in [6.45, 7) is 0. The van der Waals surface area contributed by atoms with E-state index in [9.17, 15) is 10.1 Å². The van der Waals surface area contributed by atoms with Gasteiger partial charge in [0.15, 0.2) is 5.78 Å². The van der Waals surface area contributed by atoms with Crippen molar-refractivity contribution in [2.45, 2.75) is 10.8 Å². The lowest BCUT2D eigenvalue weighted by Gasteiger charge is -2.34. The first-order valence-electron chi connectivity index (χ1n) is 12.0. The Morgan fingerprint density at radius 3 is 2.11 bits per heavy atom. The van der Waals surface area contributed by atoms with Crippen molar-refractivity contribution in [3.05, 3.63) is 141 Å². The van der Waals surface area contributed by atoms with Crippen molar-refractivity contribution >= 4 is 60.2 Å². The predicted octanol–water partition coefficient (Wildman–Crippen LogP) is 9.08. The summed E-state index contributed by atoms with van der Waals surface area (Å²) in [7, 11) is 0. The summed E-state index contributed by atoms with van der Waals surface area (Å²) in [6.07, 6.45) is 1.77. The molecule has 38 heavy (non-hydrogen) atoms. The van der Waals surface area contributed by atoms with Crippen LogP contribution in [0.1, 0.15) is 27.5 Å². The highest BCUT2D eigenvalue weighted by Gasteiger charge is 2.49. The average Bonchev–Trinajstić information content (AvgIpc) is 2.97. The first-order chi connectivity index (χ1) is 18.5. The Morgan fingerprint density at radius 1 is 0.842 bits per heavy atom. The van der Waals surface area contributed by atoms with Crippen molar-refractivity contribution in [1.82, 2.24) is 4.98 Å². The fourth-order valence-electron chi connectivity index (χ4n) is 4.73. The smallest absolute Gasteiger partial charge is 0.184 e. The SMILES string of the molecule is N#C[C@@](CSc1ccccc1)(C(=O)c1ccc(Br)cc1)[C@H](c1ccccc1)c1ncc(Br)c2ccccc12. The first-order valence-corrected chi connectivity index (χ1v) is 14.6. The summed E-state index contributed by atoms with van der Waals surface area (Å²) < 4.78 is 1.74. The molecule has 0 saturated heterocycles. The summed E-state index contributed by atoms with van der Waals surface area (Å²) in [5.41, 5.74) is 0.619. The van der Waals surface area contributed by atoms with Crippen LogP contribution in [0.4, 0.5) is 0 Å². The number of ketones is 1. The minimum Gasteiger partial charge on any atom is -0.292 e. The number of rotatable bonds is 8. The van der Waals surface area contributed by atoms with E-state index in [-0.39, 0.29) is 11.5 Å². The van der Waals surface area contributed by atoms with Crippen LogP contribution in [0.25, 0.3) is 10.8 Å². The fraction of sp³-hybridized carbons (Fsp3) is 0.0938. The van der Waals surface area contributed by atoms with Gasteiger partial charge in [-0.2, -0.15) is 5.26 Å². The molecule has 0 aliphatic rings. The van der Waals surface area contributed by atoms with Crippen LogP contribution in [0, 0.1) is 16.7 Å². The Kier molecular flexibility index (Phi) is 8.09. The van der Waals surface area contributed by atoms with E-state index >= 15 is 0 Å². The maximum absolute atomic E-state index is 14.5. The van der Waals surface area contributed by atoms with E-state index in [0.717, 1.165) is 30.2 Å². The van der Waals surface area contributed by atoms with E-state index in [1.54, 1.807) is 18.3 Å². The molecule has 0 aliphatic heterocycles. The molecular formula is C32H22Br2N2OS. The number of carbonyl (C=O) groups is 1. The van der Waals surface area contributed by atoms with Crippen LogP contribution in [0.2, 0.25) is 0 Å². The molecule has 2 atom stereocenters. The summed E-state index contributed by atoms with van der Waals surface area (Å²) in [5, 5.41) is 12.9. The molecule has 4 aromatic carbocycles. The third-order valence-corrected chi connectivity index (χ3v) is 8.96. The molecule has 1 heterocycles. The molecule has 0 radical (unpaired) electrons. The third-order valence-electron chi connectivity index (χ3n) is 6.60. The molecule has 5 rings (SSSR count). The van der Waals surface area contributed by atoms with Crippen molar-refractivity contribution in [3.63, 3.8) is 0 Å². The van der Waals surface area contributed by atoms with E-state index in [0.29, 0.717) is 11.3 Å². The van der Waals surface area contributed by atoms with Gasteiger partial charge in [0.05, 0.1) is 17.7 Å². The predicted molar refractivity (Wildman–Crippen MR) is 161 cm³/mol. The number of carbonyl (C=O) groups excluding carboxylic acids is 1. The number of hydrogen-bond donors (Lipinski definition) is 0. The van der Waals surface area contributed by atoms with Crippen LogP contribution in [0.15, 0.2) is 129 Å². The highest BCUT2D eigenvalue weighted by atomic mass is 79.9. The summed E-state index contributed by atoms with van der Waals surface area (Å²) in [6, 6.07) is 37.4. The number of nitrogens with zero attached hydrogens (tertiary/aromatic N) is 2. The van der Waals surface area contributed by atoms with Gasteiger partial charge in [0, 0.05) is 36.7 Å². The number of hydrogen-bond acceptors (Lipinski definition) is 4. The van der Waals surface area contributed by atoms with E-state index in [1.165, 1.54) is 11.8 Å². The van der Waals surface area contributed by atoms with Crippen LogP contribution < -0.4 is 0 Å². The van der Waals surface area contributed by atoms with Gasteiger partial charge < -0.3 is 0 Å². The minimum atomic E-state index is -1.45. The van der Waals surface area contributed by atoms with Crippen LogP contribution in [0.5, 0.6) is 0 Å². The molecule has 0 aliphatic carbocycles. The number of thioether (sulfide) groups is 1. The van der Waals surface area contributed by atoms with Crippen LogP contribution in [-0.4, -0.2) is 16.5 Å². The maximum Gasteiger partial charge on any atom is 0.184 e. The second-order valence-corrected chi connectivity index (χ2v) is 11.7. The molecule has 0 spiro atoms. The van der Waals surface area contributed by atoms with Crippen molar-refractivity contribution in [2.24, 2.45) is 5.41 Å². The zero-order valence-electron chi connectivity index (χ0n) is 20.2. The van der Waals surface area contributed by atoms with Gasteiger partial charge in [-0.15, -0.1) is 11.8 Å². The Bertz CT molecular complexity index is 1620. The summed E-state index contributed by atoms with van der Waals surface area (Å²) in [5.74, 6) is -0.578. The molecule has 6 heteroatoms. The molecule has 3 nitrogen and oxygen atoms in total. The third kappa shape index (κ3) is 5.19. The van der Waals surface area contributed by atoms with E-state index in [4.69, 9.17) is 4.98 Å². The van der Waals surface area contributed by atoms with Crippen molar-refractivity contribution < 1.29 is 4.79 Å². The van der Waals surface area contributed by atoms with Crippen LogP contribution in [-0.2, 0) is 0 Å². The lowest BCUT2D eigenvalue weighted by Crippen LogP contribution is -2.40. The molecular weight excluding hydrogens is 620 g/mol. The highest BCUT2D eigenvalue weighted by Crippen LogP contribution is 2.48. The fourth-order valence-corrected chi connectivity index (χ4v) is 6.55. The lowest BCUT2D eigenvalue weighted by molar-refractivity contribution is 0.0864. The monoisotopic (exact) mass is 640 g/mol. The first kappa shape index (κ1) is 26.4. The second-order valence-electron chi connectivity index (χ2n) is 8.90. The van der Waals surface area contributed by atoms with Gasteiger partial charge in [0.25, 0.3) is 0 Å². The lowest BCUT2D eigenvalue weighted by atomic mass is 9.67.